The van der Waals surface area contributed by atoms with Crippen LogP contribution in [0.25, 0.3) is 0 Å². The number of aryl methyl sites for hydroxylation is 1. The van der Waals surface area contributed by atoms with Crippen molar-refractivity contribution in [3.63, 3.8) is 0 Å². The highest BCUT2D eigenvalue weighted by molar-refractivity contribution is 14.1. The number of benzene rings is 2. The van der Waals surface area contributed by atoms with Crippen LogP contribution in [-0.4, -0.2) is 31.7 Å². The van der Waals surface area contributed by atoms with Crippen LogP contribution in [0.5, 0.6) is 0 Å². The number of halogens is 1. The summed E-state index contributed by atoms with van der Waals surface area (Å²) < 4.78 is 27.4. The number of hydrogen-bond donors (Lipinski definition) is 1. The molecule has 2 aromatic carbocycles. The predicted octanol–water partition coefficient (Wildman–Crippen LogP) is 3.88. The molecule has 0 spiro atoms. The zero-order chi connectivity index (χ0) is 18.6. The number of anilines is 1. The molecule has 25 heavy (non-hydrogen) atoms. The summed E-state index contributed by atoms with van der Waals surface area (Å²) in [5.74, 6) is -0.272. The molecule has 0 saturated carbocycles. The summed E-state index contributed by atoms with van der Waals surface area (Å²) in [6.45, 7) is 6.42. The summed E-state index contributed by atoms with van der Waals surface area (Å²) in [4.78, 5) is 12.5. The highest BCUT2D eigenvalue weighted by atomic mass is 127. The lowest BCUT2D eigenvalue weighted by Crippen LogP contribution is -2.30. The van der Waals surface area contributed by atoms with Crippen LogP contribution in [0.3, 0.4) is 0 Å². The highest BCUT2D eigenvalue weighted by Crippen LogP contribution is 2.19. The molecule has 0 radical (unpaired) electrons. The fourth-order valence-electron chi connectivity index (χ4n) is 2.36. The Morgan fingerprint density at radius 2 is 1.68 bits per heavy atom. The maximum Gasteiger partial charge on any atom is 0.255 e. The second-order valence-corrected chi connectivity index (χ2v) is 8.63. The lowest BCUT2D eigenvalue weighted by molar-refractivity contribution is 0.102. The lowest BCUT2D eigenvalue weighted by atomic mass is 10.2. The molecule has 7 heteroatoms. The Hall–Kier alpha value is -1.45. The third-order valence-corrected chi connectivity index (χ3v) is 7.12. The van der Waals surface area contributed by atoms with Gasteiger partial charge in [0, 0.05) is 27.9 Å². The van der Waals surface area contributed by atoms with E-state index >= 15 is 0 Å². The van der Waals surface area contributed by atoms with Crippen molar-refractivity contribution in [2.75, 3.05) is 18.4 Å². The van der Waals surface area contributed by atoms with Crippen LogP contribution >= 0.6 is 22.6 Å². The van der Waals surface area contributed by atoms with Gasteiger partial charge in [-0.05, 0) is 71.5 Å². The Bertz CT molecular complexity index is 860. The van der Waals surface area contributed by atoms with Gasteiger partial charge in [-0.2, -0.15) is 4.31 Å². The number of rotatable bonds is 6. The van der Waals surface area contributed by atoms with Gasteiger partial charge >= 0.3 is 0 Å². The molecule has 134 valence electrons. The molecule has 1 N–H and O–H groups in total. The minimum atomic E-state index is -3.51. The summed E-state index contributed by atoms with van der Waals surface area (Å²) in [7, 11) is -3.51. The first kappa shape index (κ1) is 19.9. The third kappa shape index (κ3) is 4.59. The minimum Gasteiger partial charge on any atom is -0.322 e. The maximum absolute atomic E-state index is 12.5. The van der Waals surface area contributed by atoms with Crippen molar-refractivity contribution in [3.05, 3.63) is 57.2 Å². The van der Waals surface area contributed by atoms with Crippen molar-refractivity contribution in [2.45, 2.75) is 25.7 Å². The number of carbonyl (C=O) groups is 1. The Morgan fingerprint density at radius 3 is 2.20 bits per heavy atom. The van der Waals surface area contributed by atoms with Gasteiger partial charge < -0.3 is 5.32 Å². The second-order valence-electron chi connectivity index (χ2n) is 5.53. The molecule has 1 amide bonds. The van der Waals surface area contributed by atoms with Gasteiger partial charge in [0.25, 0.3) is 5.91 Å². The van der Waals surface area contributed by atoms with Crippen LogP contribution in [0, 0.1) is 10.5 Å². The van der Waals surface area contributed by atoms with Gasteiger partial charge in [0.15, 0.2) is 0 Å². The number of carbonyl (C=O) groups excluding carboxylic acids is 1. The topological polar surface area (TPSA) is 66.5 Å². The predicted molar refractivity (Wildman–Crippen MR) is 108 cm³/mol. The van der Waals surface area contributed by atoms with Crippen molar-refractivity contribution in [2.24, 2.45) is 0 Å². The zero-order valence-electron chi connectivity index (χ0n) is 14.4. The number of nitrogens with one attached hydrogen (secondary N) is 1. The zero-order valence-corrected chi connectivity index (χ0v) is 17.4. The molecule has 0 heterocycles. The van der Waals surface area contributed by atoms with E-state index in [1.807, 2.05) is 25.1 Å². The summed E-state index contributed by atoms with van der Waals surface area (Å²) >= 11 is 2.22. The number of nitrogens with zero attached hydrogens (tertiary/aromatic N) is 1. The van der Waals surface area contributed by atoms with Gasteiger partial charge in [-0.25, -0.2) is 8.42 Å². The molecule has 0 fully saturated rings. The van der Waals surface area contributed by atoms with Gasteiger partial charge in [0.05, 0.1) is 4.90 Å². The highest BCUT2D eigenvalue weighted by Gasteiger charge is 2.21. The van der Waals surface area contributed by atoms with E-state index in [0.717, 1.165) is 9.13 Å². The van der Waals surface area contributed by atoms with Crippen LogP contribution in [0.2, 0.25) is 0 Å². The van der Waals surface area contributed by atoms with Crippen molar-refractivity contribution < 1.29 is 13.2 Å². The smallest absolute Gasteiger partial charge is 0.255 e. The molecule has 0 aliphatic heterocycles. The van der Waals surface area contributed by atoms with Crippen LogP contribution in [0.1, 0.15) is 29.8 Å². The number of amides is 1. The average molecular weight is 472 g/mol. The summed E-state index contributed by atoms with van der Waals surface area (Å²) in [6, 6.07) is 11.7. The first-order chi connectivity index (χ1) is 11.8. The quantitative estimate of drug-likeness (QED) is 0.649. The Labute approximate surface area is 162 Å². The van der Waals surface area contributed by atoms with Crippen molar-refractivity contribution in [3.8, 4) is 0 Å². The largest absolute Gasteiger partial charge is 0.322 e. The van der Waals surface area contributed by atoms with Gasteiger partial charge in [-0.1, -0.05) is 19.9 Å². The Balaban J connectivity index is 2.19. The van der Waals surface area contributed by atoms with E-state index in [0.29, 0.717) is 24.3 Å². The molecular weight excluding hydrogens is 451 g/mol. The van der Waals surface area contributed by atoms with Gasteiger partial charge in [-0.3, -0.25) is 4.79 Å². The SMILES string of the molecule is CCN(CC)S(=O)(=O)c1ccc(C(=O)Nc2ccc(C)c(I)c2)cc1. The molecule has 0 bridgehead atoms. The van der Waals surface area contributed by atoms with Gasteiger partial charge in [-0.15, -0.1) is 0 Å². The Morgan fingerprint density at radius 1 is 1.08 bits per heavy atom. The van der Waals surface area contributed by atoms with Gasteiger partial charge in [0.1, 0.15) is 0 Å². The van der Waals surface area contributed by atoms with Crippen molar-refractivity contribution in [1.82, 2.24) is 4.31 Å². The fraction of sp³-hybridized carbons (Fsp3) is 0.278. The summed E-state index contributed by atoms with van der Waals surface area (Å²) in [5, 5.41) is 2.83. The van der Waals surface area contributed by atoms with Crippen LogP contribution in [-0.2, 0) is 10.0 Å². The third-order valence-electron chi connectivity index (χ3n) is 3.89. The molecule has 5 nitrogen and oxygen atoms in total. The van der Waals surface area contributed by atoms with E-state index in [2.05, 4.69) is 27.9 Å². The van der Waals surface area contributed by atoms with E-state index in [1.54, 1.807) is 13.8 Å². The Kier molecular flexibility index (Phi) is 6.59. The number of sulfonamides is 1. The minimum absolute atomic E-state index is 0.192. The van der Waals surface area contributed by atoms with E-state index < -0.39 is 10.0 Å². The van der Waals surface area contributed by atoms with Crippen LogP contribution in [0.15, 0.2) is 47.4 Å². The van der Waals surface area contributed by atoms with E-state index in [4.69, 9.17) is 0 Å². The fourth-order valence-corrected chi connectivity index (χ4v) is 4.34. The standard InChI is InChI=1S/C18H21IN2O3S/c1-4-21(5-2)25(23,24)16-10-7-14(8-11-16)18(22)20-15-9-6-13(3)17(19)12-15/h6-12H,4-5H2,1-3H3,(H,20,22). The first-order valence-corrected chi connectivity index (χ1v) is 10.5. The molecule has 0 atom stereocenters. The second kappa shape index (κ2) is 8.29. The molecule has 0 aromatic heterocycles. The molecule has 2 rings (SSSR count). The molecule has 2 aromatic rings. The van der Waals surface area contributed by atoms with E-state index in [-0.39, 0.29) is 10.8 Å². The van der Waals surface area contributed by atoms with Crippen LogP contribution < -0.4 is 5.32 Å². The lowest BCUT2D eigenvalue weighted by Gasteiger charge is -2.18. The molecule has 0 aliphatic carbocycles. The summed E-state index contributed by atoms with van der Waals surface area (Å²) in [5.41, 5.74) is 2.26. The molecule has 0 aliphatic rings. The molecular formula is C18H21IN2O3S. The maximum atomic E-state index is 12.5. The molecule has 0 saturated heterocycles. The average Bonchev–Trinajstić information content (AvgIpc) is 2.59. The first-order valence-electron chi connectivity index (χ1n) is 7.97. The normalized spacial score (nSPS) is 11.6. The molecule has 0 unspecified atom stereocenters. The van der Waals surface area contributed by atoms with E-state index in [9.17, 15) is 13.2 Å². The summed E-state index contributed by atoms with van der Waals surface area (Å²) in [6.07, 6.45) is 0. The monoisotopic (exact) mass is 472 g/mol. The van der Waals surface area contributed by atoms with Crippen molar-refractivity contribution in [1.29, 1.82) is 0 Å². The van der Waals surface area contributed by atoms with E-state index in [1.165, 1.54) is 28.6 Å². The van der Waals surface area contributed by atoms with Gasteiger partial charge in [0.2, 0.25) is 10.0 Å². The number of hydrogen-bond acceptors (Lipinski definition) is 3. The van der Waals surface area contributed by atoms with Crippen molar-refractivity contribution >= 4 is 44.2 Å². The van der Waals surface area contributed by atoms with Crippen LogP contribution in [0.4, 0.5) is 5.69 Å².